The van der Waals surface area contributed by atoms with Gasteiger partial charge in [-0.2, -0.15) is 5.10 Å². The third kappa shape index (κ3) is 3.60. The van der Waals surface area contributed by atoms with E-state index >= 15 is 0 Å². The van der Waals surface area contributed by atoms with Gasteiger partial charge in [-0.05, 0) is 27.7 Å². The maximum atomic E-state index is 11.7. The molecule has 108 valence electrons. The summed E-state index contributed by atoms with van der Waals surface area (Å²) in [4.78, 5) is 16.1. The maximum Gasteiger partial charge on any atom is 0.408 e. The fraction of sp³-hybridized carbons (Fsp3) is 0.462. The third-order valence-electron chi connectivity index (χ3n) is 2.48. The summed E-state index contributed by atoms with van der Waals surface area (Å²) in [6.07, 6.45) is 2.80. The lowest BCUT2D eigenvalue weighted by Crippen LogP contribution is -2.34. The summed E-state index contributed by atoms with van der Waals surface area (Å²) in [5.41, 5.74) is 0.786. The molecule has 2 aromatic rings. The van der Waals surface area contributed by atoms with E-state index in [0.717, 1.165) is 0 Å². The van der Waals surface area contributed by atoms with E-state index in [-0.39, 0.29) is 6.04 Å². The van der Waals surface area contributed by atoms with E-state index in [0.29, 0.717) is 16.4 Å². The van der Waals surface area contributed by atoms with Gasteiger partial charge in [0, 0.05) is 6.07 Å². The summed E-state index contributed by atoms with van der Waals surface area (Å²) >= 11 is 5.86. The van der Waals surface area contributed by atoms with Crippen LogP contribution >= 0.6 is 11.6 Å². The van der Waals surface area contributed by atoms with Crippen molar-refractivity contribution in [2.75, 3.05) is 0 Å². The second kappa shape index (κ2) is 5.28. The van der Waals surface area contributed by atoms with E-state index in [9.17, 15) is 4.79 Å². The van der Waals surface area contributed by atoms with Gasteiger partial charge in [-0.25, -0.2) is 14.3 Å². The monoisotopic (exact) mass is 296 g/mol. The highest BCUT2D eigenvalue weighted by molar-refractivity contribution is 6.30. The van der Waals surface area contributed by atoms with Crippen LogP contribution in [0.3, 0.4) is 0 Å². The molecule has 0 saturated carbocycles. The number of ether oxygens (including phenoxy) is 1. The standard InChI is InChI=1S/C13H17ClN4O2/c1-8(16-12(19)20-13(2,3)4)10-7-18-11(17-10)5-9(14)6-15-18/h5-8H,1-4H3,(H,16,19)/t8-/m0/s1. The van der Waals surface area contributed by atoms with E-state index in [1.165, 1.54) is 6.20 Å². The van der Waals surface area contributed by atoms with Gasteiger partial charge < -0.3 is 10.1 Å². The van der Waals surface area contributed by atoms with E-state index < -0.39 is 11.7 Å². The molecule has 1 N–H and O–H groups in total. The number of nitrogens with one attached hydrogen (secondary N) is 1. The first kappa shape index (κ1) is 14.6. The second-order valence-electron chi connectivity index (χ2n) is 5.51. The molecule has 0 aromatic carbocycles. The van der Waals surface area contributed by atoms with Crippen LogP contribution in [0.25, 0.3) is 5.65 Å². The molecule has 0 aliphatic carbocycles. The fourth-order valence-corrected chi connectivity index (χ4v) is 1.78. The number of alkyl carbamates (subject to hydrolysis) is 1. The van der Waals surface area contributed by atoms with Gasteiger partial charge in [-0.1, -0.05) is 11.6 Å². The molecule has 0 saturated heterocycles. The van der Waals surface area contributed by atoms with Crippen LogP contribution in [0.5, 0.6) is 0 Å². The SMILES string of the molecule is C[C@H](NC(=O)OC(C)(C)C)c1cn2ncc(Cl)cc2n1. The predicted octanol–water partition coefficient (Wildman–Crippen LogP) is 2.97. The van der Waals surface area contributed by atoms with Gasteiger partial charge in [0.05, 0.1) is 29.2 Å². The number of aromatic nitrogens is 3. The summed E-state index contributed by atoms with van der Waals surface area (Å²) in [5, 5.41) is 7.35. The van der Waals surface area contributed by atoms with Crippen molar-refractivity contribution >= 4 is 23.3 Å². The number of imidazole rings is 1. The zero-order valence-corrected chi connectivity index (χ0v) is 12.6. The summed E-state index contributed by atoms with van der Waals surface area (Å²) in [5.74, 6) is 0. The molecule has 0 aliphatic rings. The van der Waals surface area contributed by atoms with Crippen LogP contribution in [-0.4, -0.2) is 26.3 Å². The van der Waals surface area contributed by atoms with E-state index in [2.05, 4.69) is 15.4 Å². The Balaban J connectivity index is 2.11. The molecule has 0 fully saturated rings. The molecule has 0 spiro atoms. The molecule has 20 heavy (non-hydrogen) atoms. The molecule has 2 heterocycles. The number of nitrogens with zero attached hydrogens (tertiary/aromatic N) is 3. The van der Waals surface area contributed by atoms with Gasteiger partial charge in [-0.3, -0.25) is 0 Å². The molecule has 0 bridgehead atoms. The first-order chi connectivity index (χ1) is 9.24. The Kier molecular flexibility index (Phi) is 3.85. The molecule has 2 rings (SSSR count). The number of halogens is 1. The Labute approximate surface area is 122 Å². The maximum absolute atomic E-state index is 11.7. The fourth-order valence-electron chi connectivity index (χ4n) is 1.64. The predicted molar refractivity (Wildman–Crippen MR) is 75.8 cm³/mol. The lowest BCUT2D eigenvalue weighted by Gasteiger charge is -2.21. The minimum atomic E-state index is -0.530. The number of amides is 1. The first-order valence-electron chi connectivity index (χ1n) is 6.25. The van der Waals surface area contributed by atoms with Crippen LogP contribution in [0.4, 0.5) is 4.79 Å². The molecule has 0 unspecified atom stereocenters. The van der Waals surface area contributed by atoms with Gasteiger partial charge in [0.2, 0.25) is 0 Å². The van der Waals surface area contributed by atoms with Crippen molar-refractivity contribution in [2.24, 2.45) is 0 Å². The molecular formula is C13H17ClN4O2. The quantitative estimate of drug-likeness (QED) is 0.925. The number of carbonyl (C=O) groups is 1. The smallest absolute Gasteiger partial charge is 0.408 e. The number of hydrogen-bond acceptors (Lipinski definition) is 4. The highest BCUT2D eigenvalue weighted by Crippen LogP contribution is 2.16. The summed E-state index contributed by atoms with van der Waals surface area (Å²) in [6.45, 7) is 7.27. The number of hydrogen-bond donors (Lipinski definition) is 1. The van der Waals surface area contributed by atoms with Crippen molar-refractivity contribution < 1.29 is 9.53 Å². The van der Waals surface area contributed by atoms with Crippen LogP contribution in [-0.2, 0) is 4.74 Å². The molecule has 0 radical (unpaired) electrons. The van der Waals surface area contributed by atoms with Crippen LogP contribution in [0.2, 0.25) is 5.02 Å². The highest BCUT2D eigenvalue weighted by atomic mass is 35.5. The Morgan fingerprint density at radius 2 is 2.20 bits per heavy atom. The Morgan fingerprint density at radius 3 is 2.85 bits per heavy atom. The van der Waals surface area contributed by atoms with Gasteiger partial charge in [0.25, 0.3) is 0 Å². The molecular weight excluding hydrogens is 280 g/mol. The van der Waals surface area contributed by atoms with Crippen LogP contribution in [0.15, 0.2) is 18.5 Å². The van der Waals surface area contributed by atoms with Crippen molar-refractivity contribution in [2.45, 2.75) is 39.3 Å². The largest absolute Gasteiger partial charge is 0.444 e. The van der Waals surface area contributed by atoms with Gasteiger partial charge in [-0.15, -0.1) is 0 Å². The molecule has 2 aromatic heterocycles. The van der Waals surface area contributed by atoms with Crippen LogP contribution < -0.4 is 5.32 Å². The van der Waals surface area contributed by atoms with E-state index in [1.807, 2.05) is 27.7 Å². The first-order valence-corrected chi connectivity index (χ1v) is 6.63. The lowest BCUT2D eigenvalue weighted by atomic mass is 10.2. The van der Waals surface area contributed by atoms with Crippen LogP contribution in [0.1, 0.15) is 39.4 Å². The van der Waals surface area contributed by atoms with Crippen molar-refractivity contribution in [3.8, 4) is 0 Å². The third-order valence-corrected chi connectivity index (χ3v) is 2.69. The zero-order chi connectivity index (χ0) is 14.9. The van der Waals surface area contributed by atoms with Gasteiger partial charge in [0.1, 0.15) is 5.60 Å². The second-order valence-corrected chi connectivity index (χ2v) is 5.95. The lowest BCUT2D eigenvalue weighted by molar-refractivity contribution is 0.0507. The normalized spacial score (nSPS) is 13.2. The number of carbonyl (C=O) groups excluding carboxylic acids is 1. The molecule has 0 aliphatic heterocycles. The minimum absolute atomic E-state index is 0.287. The molecule has 1 amide bonds. The Hall–Kier alpha value is -1.82. The molecule has 6 nitrogen and oxygen atoms in total. The average molecular weight is 297 g/mol. The average Bonchev–Trinajstić information content (AvgIpc) is 2.68. The minimum Gasteiger partial charge on any atom is -0.444 e. The topological polar surface area (TPSA) is 68.5 Å². The van der Waals surface area contributed by atoms with E-state index in [1.54, 1.807) is 16.8 Å². The summed E-state index contributed by atoms with van der Waals surface area (Å²) in [7, 11) is 0. The Bertz CT molecular complexity index is 633. The Morgan fingerprint density at radius 1 is 1.50 bits per heavy atom. The number of rotatable bonds is 2. The highest BCUT2D eigenvalue weighted by Gasteiger charge is 2.19. The van der Waals surface area contributed by atoms with Crippen molar-refractivity contribution in [1.82, 2.24) is 19.9 Å². The van der Waals surface area contributed by atoms with Crippen molar-refractivity contribution in [1.29, 1.82) is 0 Å². The molecule has 7 heteroatoms. The summed E-state index contributed by atoms with van der Waals surface area (Å²) in [6, 6.07) is 1.42. The number of fused-ring (bicyclic) bond motifs is 1. The summed E-state index contributed by atoms with van der Waals surface area (Å²) < 4.78 is 6.81. The van der Waals surface area contributed by atoms with Gasteiger partial charge in [0.15, 0.2) is 5.65 Å². The molecule has 1 atom stereocenters. The van der Waals surface area contributed by atoms with E-state index in [4.69, 9.17) is 16.3 Å². The zero-order valence-electron chi connectivity index (χ0n) is 11.8. The van der Waals surface area contributed by atoms with Crippen LogP contribution in [0, 0.1) is 0 Å². The van der Waals surface area contributed by atoms with Gasteiger partial charge >= 0.3 is 6.09 Å². The van der Waals surface area contributed by atoms with Crippen molar-refractivity contribution in [3.05, 3.63) is 29.2 Å². The van der Waals surface area contributed by atoms with Crippen molar-refractivity contribution in [3.63, 3.8) is 0 Å².